The molecule has 1 saturated carbocycles. The van der Waals surface area contributed by atoms with Crippen LogP contribution < -0.4 is 20.7 Å². The molecule has 0 spiro atoms. The lowest BCUT2D eigenvalue weighted by Crippen LogP contribution is -2.57. The molecule has 0 heterocycles. The first-order valence-corrected chi connectivity index (χ1v) is 14.1. The molecule has 238 valence electrons. The summed E-state index contributed by atoms with van der Waals surface area (Å²) >= 11 is 0. The summed E-state index contributed by atoms with van der Waals surface area (Å²) in [5.41, 5.74) is 0.352. The van der Waals surface area contributed by atoms with Gasteiger partial charge >= 0.3 is 17.8 Å². The number of hydrogen-bond acceptors (Lipinski definition) is 6. The maximum atomic E-state index is 14.0. The van der Waals surface area contributed by atoms with E-state index in [0.29, 0.717) is 36.8 Å². The van der Waals surface area contributed by atoms with Crippen molar-refractivity contribution in [1.82, 2.24) is 10.6 Å². The van der Waals surface area contributed by atoms with Gasteiger partial charge in [-0.1, -0.05) is 55.7 Å². The summed E-state index contributed by atoms with van der Waals surface area (Å²) in [5, 5.41) is 17.9. The molecular formula is C31H29F4N3O7. The van der Waals surface area contributed by atoms with Gasteiger partial charge in [-0.25, -0.2) is 8.78 Å². The molecule has 3 aromatic rings. The van der Waals surface area contributed by atoms with Gasteiger partial charge in [-0.05, 0) is 30.2 Å². The van der Waals surface area contributed by atoms with E-state index in [1.807, 2.05) is 12.1 Å². The van der Waals surface area contributed by atoms with E-state index < -0.39 is 89.5 Å². The number of anilines is 1. The van der Waals surface area contributed by atoms with Crippen molar-refractivity contribution in [3.8, 4) is 5.75 Å². The second-order valence-electron chi connectivity index (χ2n) is 10.5. The van der Waals surface area contributed by atoms with Crippen LogP contribution in [0.4, 0.5) is 23.2 Å². The van der Waals surface area contributed by atoms with E-state index in [-0.39, 0.29) is 6.07 Å². The number of nitrogens with one attached hydrogen (secondary N) is 3. The lowest BCUT2D eigenvalue weighted by molar-refractivity contribution is -0.141. The number of fused-ring (bicyclic) bond motifs is 1. The Morgan fingerprint density at radius 2 is 1.49 bits per heavy atom. The molecule has 14 heteroatoms. The van der Waals surface area contributed by atoms with Gasteiger partial charge < -0.3 is 25.8 Å². The Labute approximate surface area is 254 Å². The van der Waals surface area contributed by atoms with Crippen molar-refractivity contribution in [2.45, 2.75) is 50.6 Å². The fourth-order valence-corrected chi connectivity index (χ4v) is 5.19. The zero-order valence-corrected chi connectivity index (χ0v) is 23.7. The Kier molecular flexibility index (Phi) is 10.7. The van der Waals surface area contributed by atoms with Crippen molar-refractivity contribution in [1.29, 1.82) is 0 Å². The Morgan fingerprint density at radius 3 is 2.16 bits per heavy atom. The van der Waals surface area contributed by atoms with E-state index in [9.17, 15) is 46.6 Å². The molecule has 0 unspecified atom stereocenters. The third-order valence-corrected chi connectivity index (χ3v) is 7.45. The van der Waals surface area contributed by atoms with Crippen LogP contribution in [0.3, 0.4) is 0 Å². The first-order valence-electron chi connectivity index (χ1n) is 14.1. The molecule has 4 rings (SSSR count). The topological polar surface area (TPSA) is 151 Å². The van der Waals surface area contributed by atoms with E-state index in [1.54, 1.807) is 30.3 Å². The lowest BCUT2D eigenvalue weighted by Gasteiger charge is -2.31. The van der Waals surface area contributed by atoms with Crippen LogP contribution in [-0.4, -0.2) is 53.3 Å². The van der Waals surface area contributed by atoms with Gasteiger partial charge in [0.05, 0.1) is 6.42 Å². The first-order chi connectivity index (χ1) is 21.5. The smallest absolute Gasteiger partial charge is 0.313 e. The number of Topliss-reactive ketones (excluding diaryl/α,β-unsaturated/α-hetero) is 1. The minimum Gasteiger partial charge on any atom is -0.481 e. The highest BCUT2D eigenvalue weighted by atomic mass is 19.2. The fourth-order valence-electron chi connectivity index (χ4n) is 5.19. The van der Waals surface area contributed by atoms with Crippen LogP contribution in [0.15, 0.2) is 48.5 Å². The number of amides is 3. The summed E-state index contributed by atoms with van der Waals surface area (Å²) in [6.07, 6.45) is 2.24. The number of aliphatic carboxylic acids is 1. The molecule has 1 aliphatic rings. The zero-order valence-electron chi connectivity index (χ0n) is 23.7. The van der Waals surface area contributed by atoms with Crippen LogP contribution in [0.5, 0.6) is 5.75 Å². The van der Waals surface area contributed by atoms with Crippen molar-refractivity contribution < 1.29 is 51.4 Å². The van der Waals surface area contributed by atoms with Gasteiger partial charge in [0.25, 0.3) is 0 Å². The highest BCUT2D eigenvalue weighted by molar-refractivity contribution is 6.40. The minimum absolute atomic E-state index is 0.0607. The normalized spacial score (nSPS) is 14.7. The third kappa shape index (κ3) is 8.13. The van der Waals surface area contributed by atoms with Crippen molar-refractivity contribution in [3.63, 3.8) is 0 Å². The zero-order chi connectivity index (χ0) is 32.7. The van der Waals surface area contributed by atoms with Crippen LogP contribution in [0, 0.1) is 29.2 Å². The molecule has 0 aromatic heterocycles. The first kappa shape index (κ1) is 32.9. The number of carbonyl (C=O) groups is 5. The number of hydrogen-bond donors (Lipinski definition) is 4. The number of ether oxygens (including phenoxy) is 1. The molecule has 0 aliphatic heterocycles. The molecule has 1 aliphatic carbocycles. The Balaban J connectivity index is 1.49. The predicted molar refractivity (Wildman–Crippen MR) is 152 cm³/mol. The third-order valence-electron chi connectivity index (χ3n) is 7.45. The number of carboxylic acid groups (broad SMARTS) is 1. The molecule has 0 radical (unpaired) electrons. The van der Waals surface area contributed by atoms with E-state index in [1.165, 1.54) is 0 Å². The summed E-state index contributed by atoms with van der Waals surface area (Å²) in [4.78, 5) is 63.6. The van der Waals surface area contributed by atoms with Crippen LogP contribution in [0.25, 0.3) is 10.8 Å². The number of carbonyl (C=O) groups excluding carboxylic acids is 4. The number of carboxylic acids is 1. The highest BCUT2D eigenvalue weighted by Crippen LogP contribution is 2.28. The van der Waals surface area contributed by atoms with Gasteiger partial charge in [0.1, 0.15) is 18.7 Å². The highest BCUT2D eigenvalue weighted by Gasteiger charge is 2.35. The molecule has 3 aromatic carbocycles. The largest absolute Gasteiger partial charge is 0.481 e. The monoisotopic (exact) mass is 631 g/mol. The molecule has 0 saturated heterocycles. The Hall–Kier alpha value is -5.01. The van der Waals surface area contributed by atoms with E-state index >= 15 is 0 Å². The van der Waals surface area contributed by atoms with E-state index in [2.05, 4.69) is 20.7 Å². The molecular weight excluding hydrogens is 602 g/mol. The Bertz CT molecular complexity index is 1600. The summed E-state index contributed by atoms with van der Waals surface area (Å²) in [7, 11) is 0. The van der Waals surface area contributed by atoms with E-state index in [4.69, 9.17) is 0 Å². The Morgan fingerprint density at radius 1 is 0.844 bits per heavy atom. The van der Waals surface area contributed by atoms with Gasteiger partial charge in [0, 0.05) is 17.1 Å². The van der Waals surface area contributed by atoms with Crippen molar-refractivity contribution in [2.75, 3.05) is 11.9 Å². The number of halogens is 4. The van der Waals surface area contributed by atoms with Crippen molar-refractivity contribution >= 4 is 45.9 Å². The standard InChI is InChI=1S/C31H29F4N3O7/c32-19-13-20(33)26(35)28(25(19)34)45-15-23(39)22(14-24(40)41)37-29(42)27(17-8-2-1-3-9-17)38-31(44)30(43)36-21-12-6-10-16-7-4-5-11-18(16)21/h4-7,10-13,17,22,27H,1-3,8-9,14-15H2,(H,36,43)(H,37,42)(H,38,44)(H,40,41)/t22-,27-/m0/s1. The maximum Gasteiger partial charge on any atom is 0.313 e. The quantitative estimate of drug-likeness (QED) is 0.142. The van der Waals surface area contributed by atoms with Crippen LogP contribution in [0.1, 0.15) is 38.5 Å². The minimum atomic E-state index is -1.91. The predicted octanol–water partition coefficient (Wildman–Crippen LogP) is 4.01. The van der Waals surface area contributed by atoms with Gasteiger partial charge in [0.2, 0.25) is 17.5 Å². The second-order valence-corrected chi connectivity index (χ2v) is 10.5. The summed E-state index contributed by atoms with van der Waals surface area (Å²) in [6, 6.07) is 8.98. The van der Waals surface area contributed by atoms with Crippen LogP contribution in [0.2, 0.25) is 0 Å². The van der Waals surface area contributed by atoms with Crippen LogP contribution in [-0.2, 0) is 24.0 Å². The average molecular weight is 632 g/mol. The average Bonchev–Trinajstić information content (AvgIpc) is 3.02. The van der Waals surface area contributed by atoms with Gasteiger partial charge in [-0.2, -0.15) is 8.78 Å². The summed E-state index contributed by atoms with van der Waals surface area (Å²) in [5.74, 6) is -15.4. The lowest BCUT2D eigenvalue weighted by atomic mass is 9.83. The molecule has 2 atom stereocenters. The molecule has 45 heavy (non-hydrogen) atoms. The van der Waals surface area contributed by atoms with Gasteiger partial charge in [0.15, 0.2) is 23.2 Å². The maximum absolute atomic E-state index is 14.0. The summed E-state index contributed by atoms with van der Waals surface area (Å²) in [6.45, 7) is -1.26. The van der Waals surface area contributed by atoms with Crippen molar-refractivity contribution in [3.05, 3.63) is 71.8 Å². The molecule has 1 fully saturated rings. The SMILES string of the molecule is O=C(O)C[C@H](NC(=O)[C@@H](NC(=O)C(=O)Nc1cccc2ccccc12)C1CCCCC1)C(=O)COc1c(F)c(F)cc(F)c1F. The molecule has 3 amide bonds. The number of ketones is 1. The molecule has 0 bridgehead atoms. The fraction of sp³-hybridized carbons (Fsp3) is 0.323. The van der Waals surface area contributed by atoms with Crippen molar-refractivity contribution in [2.24, 2.45) is 5.92 Å². The van der Waals surface area contributed by atoms with E-state index in [0.717, 1.165) is 11.8 Å². The molecule has 10 nitrogen and oxygen atoms in total. The second kappa shape index (κ2) is 14.6. The summed E-state index contributed by atoms with van der Waals surface area (Å²) < 4.78 is 59.6. The van der Waals surface area contributed by atoms with Gasteiger partial charge in [-0.3, -0.25) is 24.0 Å². The van der Waals surface area contributed by atoms with Gasteiger partial charge in [-0.15, -0.1) is 0 Å². The number of benzene rings is 3. The van der Waals surface area contributed by atoms with Crippen LogP contribution >= 0.6 is 0 Å². The number of rotatable bonds is 11. The molecule has 4 N–H and O–H groups in total.